The van der Waals surface area contributed by atoms with E-state index in [1.165, 1.54) is 19.3 Å². The van der Waals surface area contributed by atoms with Crippen molar-refractivity contribution in [3.05, 3.63) is 0 Å². The highest BCUT2D eigenvalue weighted by atomic mass is 16.5. The van der Waals surface area contributed by atoms with Crippen molar-refractivity contribution < 1.29 is 9.53 Å². The second kappa shape index (κ2) is 12.1. The molecule has 0 saturated carbocycles. The first kappa shape index (κ1) is 20.7. The fraction of sp³-hybridized carbons (Fsp3) is 0.889. The number of likely N-dealkylation sites (N-methyl/N-ethyl adjacent to an activating group) is 1. The van der Waals surface area contributed by atoms with Crippen LogP contribution in [0.15, 0.2) is 4.99 Å². The van der Waals surface area contributed by atoms with Gasteiger partial charge < -0.3 is 20.3 Å². The largest absolute Gasteiger partial charge is 0.376 e. The van der Waals surface area contributed by atoms with Gasteiger partial charge in [-0.25, -0.2) is 4.99 Å². The maximum Gasteiger partial charge on any atom is 0.243 e. The smallest absolute Gasteiger partial charge is 0.243 e. The number of hydrogen-bond acceptors (Lipinski definition) is 3. The van der Waals surface area contributed by atoms with Crippen LogP contribution >= 0.6 is 0 Å². The van der Waals surface area contributed by atoms with Gasteiger partial charge >= 0.3 is 0 Å². The topological polar surface area (TPSA) is 66.0 Å². The summed E-state index contributed by atoms with van der Waals surface area (Å²) < 4.78 is 5.65. The molecule has 0 aliphatic carbocycles. The molecule has 2 unspecified atom stereocenters. The van der Waals surface area contributed by atoms with Crippen molar-refractivity contribution in [1.82, 2.24) is 15.5 Å². The molecule has 1 saturated heterocycles. The Labute approximate surface area is 147 Å². The number of guanidine groups is 1. The molecule has 0 aromatic carbocycles. The summed E-state index contributed by atoms with van der Waals surface area (Å²) in [6.45, 7) is 7.11. The molecule has 140 valence electrons. The number of aliphatic imine (C=N–C) groups is 1. The van der Waals surface area contributed by atoms with Crippen LogP contribution in [0, 0.1) is 5.92 Å². The predicted octanol–water partition coefficient (Wildman–Crippen LogP) is 2.01. The molecule has 1 aliphatic rings. The van der Waals surface area contributed by atoms with Gasteiger partial charge in [-0.1, -0.05) is 33.1 Å². The fourth-order valence-electron chi connectivity index (χ4n) is 2.66. The summed E-state index contributed by atoms with van der Waals surface area (Å²) >= 11 is 0. The first-order chi connectivity index (χ1) is 11.6. The van der Waals surface area contributed by atoms with Crippen LogP contribution in [0.5, 0.6) is 0 Å². The Morgan fingerprint density at radius 2 is 2.12 bits per heavy atom. The molecule has 1 aliphatic heterocycles. The third-order valence-corrected chi connectivity index (χ3v) is 4.49. The molecule has 1 fully saturated rings. The molecule has 0 spiro atoms. The third kappa shape index (κ3) is 8.52. The SMILES string of the molecule is CCCCC(CC)CNC(=NCC(=O)N(C)C)NCC1CCCO1. The predicted molar refractivity (Wildman–Crippen MR) is 99.3 cm³/mol. The summed E-state index contributed by atoms with van der Waals surface area (Å²) in [4.78, 5) is 17.8. The van der Waals surface area contributed by atoms with Crippen LogP contribution in [0.2, 0.25) is 0 Å². The number of rotatable bonds is 10. The lowest BCUT2D eigenvalue weighted by atomic mass is 9.99. The standard InChI is InChI=1S/C18H36N4O2/c1-5-7-9-15(6-2)12-19-18(21-14-17(23)22(3)4)20-13-16-10-8-11-24-16/h15-16H,5-14H2,1-4H3,(H2,19,20,21). The molecule has 6 nitrogen and oxygen atoms in total. The molecule has 0 radical (unpaired) electrons. The van der Waals surface area contributed by atoms with Crippen LogP contribution in [-0.4, -0.2) is 63.2 Å². The van der Waals surface area contributed by atoms with Crippen molar-refractivity contribution >= 4 is 11.9 Å². The monoisotopic (exact) mass is 340 g/mol. The van der Waals surface area contributed by atoms with Crippen molar-refractivity contribution in [2.75, 3.05) is 40.3 Å². The van der Waals surface area contributed by atoms with Crippen molar-refractivity contribution in [3.63, 3.8) is 0 Å². The van der Waals surface area contributed by atoms with Gasteiger partial charge in [0.2, 0.25) is 5.91 Å². The van der Waals surface area contributed by atoms with Crippen LogP contribution in [-0.2, 0) is 9.53 Å². The number of nitrogens with one attached hydrogen (secondary N) is 2. The highest BCUT2D eigenvalue weighted by Crippen LogP contribution is 2.12. The lowest BCUT2D eigenvalue weighted by molar-refractivity contribution is -0.127. The van der Waals surface area contributed by atoms with E-state index in [-0.39, 0.29) is 18.6 Å². The van der Waals surface area contributed by atoms with E-state index in [2.05, 4.69) is 29.5 Å². The Hall–Kier alpha value is -1.30. The zero-order valence-corrected chi connectivity index (χ0v) is 15.9. The van der Waals surface area contributed by atoms with E-state index in [4.69, 9.17) is 4.74 Å². The minimum Gasteiger partial charge on any atom is -0.376 e. The Kier molecular flexibility index (Phi) is 10.5. The molecule has 0 bridgehead atoms. The minimum atomic E-state index is 0.00578. The van der Waals surface area contributed by atoms with E-state index in [9.17, 15) is 4.79 Å². The van der Waals surface area contributed by atoms with Gasteiger partial charge in [0.25, 0.3) is 0 Å². The molecular formula is C18H36N4O2. The minimum absolute atomic E-state index is 0.00578. The maximum atomic E-state index is 11.8. The van der Waals surface area contributed by atoms with Gasteiger partial charge in [-0.3, -0.25) is 4.79 Å². The van der Waals surface area contributed by atoms with Gasteiger partial charge in [0, 0.05) is 33.8 Å². The molecule has 0 aromatic rings. The number of amides is 1. The van der Waals surface area contributed by atoms with E-state index in [0.717, 1.165) is 44.9 Å². The molecule has 2 N–H and O–H groups in total. The first-order valence-electron chi connectivity index (χ1n) is 9.40. The zero-order valence-electron chi connectivity index (χ0n) is 15.9. The van der Waals surface area contributed by atoms with Crippen LogP contribution in [0.1, 0.15) is 52.4 Å². The van der Waals surface area contributed by atoms with Crippen molar-refractivity contribution in [2.24, 2.45) is 10.9 Å². The summed E-state index contributed by atoms with van der Waals surface area (Å²) in [5.41, 5.74) is 0. The summed E-state index contributed by atoms with van der Waals surface area (Å²) in [7, 11) is 3.51. The van der Waals surface area contributed by atoms with Crippen molar-refractivity contribution in [3.8, 4) is 0 Å². The van der Waals surface area contributed by atoms with Gasteiger partial charge in [-0.15, -0.1) is 0 Å². The number of nitrogens with zero attached hydrogens (tertiary/aromatic N) is 2. The molecular weight excluding hydrogens is 304 g/mol. The molecule has 1 rings (SSSR count). The molecule has 1 amide bonds. The summed E-state index contributed by atoms with van der Waals surface area (Å²) in [5.74, 6) is 1.37. The van der Waals surface area contributed by atoms with Crippen molar-refractivity contribution in [1.29, 1.82) is 0 Å². The number of hydrogen-bond donors (Lipinski definition) is 2. The second-order valence-electron chi connectivity index (χ2n) is 6.77. The summed E-state index contributed by atoms with van der Waals surface area (Å²) in [6.07, 6.45) is 7.34. The first-order valence-corrected chi connectivity index (χ1v) is 9.40. The number of carbonyl (C=O) groups excluding carboxylic acids is 1. The second-order valence-corrected chi connectivity index (χ2v) is 6.77. The third-order valence-electron chi connectivity index (χ3n) is 4.49. The molecule has 1 heterocycles. The van der Waals surface area contributed by atoms with Crippen LogP contribution in [0.25, 0.3) is 0 Å². The number of unbranched alkanes of at least 4 members (excludes halogenated alkanes) is 1. The van der Waals surface area contributed by atoms with E-state index < -0.39 is 0 Å². The lowest BCUT2D eigenvalue weighted by Crippen LogP contribution is -2.43. The zero-order chi connectivity index (χ0) is 17.8. The molecule has 24 heavy (non-hydrogen) atoms. The maximum absolute atomic E-state index is 11.8. The number of carbonyl (C=O) groups is 1. The Morgan fingerprint density at radius 1 is 1.33 bits per heavy atom. The van der Waals surface area contributed by atoms with E-state index >= 15 is 0 Å². The fourth-order valence-corrected chi connectivity index (χ4v) is 2.66. The van der Waals surface area contributed by atoms with Gasteiger partial charge in [0.15, 0.2) is 5.96 Å². The van der Waals surface area contributed by atoms with E-state index in [0.29, 0.717) is 5.92 Å². The van der Waals surface area contributed by atoms with E-state index in [1.54, 1.807) is 19.0 Å². The lowest BCUT2D eigenvalue weighted by Gasteiger charge is -2.20. The Bertz CT molecular complexity index is 379. The average molecular weight is 341 g/mol. The van der Waals surface area contributed by atoms with Gasteiger partial charge in [0.1, 0.15) is 6.54 Å². The van der Waals surface area contributed by atoms with Crippen LogP contribution in [0.4, 0.5) is 0 Å². The molecule has 2 atom stereocenters. The summed E-state index contributed by atoms with van der Waals surface area (Å²) in [5, 5.41) is 6.75. The molecule has 6 heteroatoms. The number of ether oxygens (including phenoxy) is 1. The van der Waals surface area contributed by atoms with Crippen molar-refractivity contribution in [2.45, 2.75) is 58.5 Å². The Balaban J connectivity index is 2.51. The van der Waals surface area contributed by atoms with E-state index in [1.807, 2.05) is 0 Å². The average Bonchev–Trinajstić information content (AvgIpc) is 3.09. The van der Waals surface area contributed by atoms with Gasteiger partial charge in [0.05, 0.1) is 6.10 Å². The van der Waals surface area contributed by atoms with Crippen LogP contribution < -0.4 is 10.6 Å². The van der Waals surface area contributed by atoms with Gasteiger partial charge in [-0.05, 0) is 25.2 Å². The highest BCUT2D eigenvalue weighted by Gasteiger charge is 2.16. The summed E-state index contributed by atoms with van der Waals surface area (Å²) in [6, 6.07) is 0. The Morgan fingerprint density at radius 3 is 2.71 bits per heavy atom. The highest BCUT2D eigenvalue weighted by molar-refractivity contribution is 5.84. The quantitative estimate of drug-likeness (QED) is 0.472. The van der Waals surface area contributed by atoms with Crippen LogP contribution in [0.3, 0.4) is 0 Å². The normalized spacial score (nSPS) is 19.2. The molecule has 0 aromatic heterocycles. The van der Waals surface area contributed by atoms with Gasteiger partial charge in [-0.2, -0.15) is 0 Å².